The van der Waals surface area contributed by atoms with E-state index >= 15 is 0 Å². The molecule has 0 bridgehead atoms. The van der Waals surface area contributed by atoms with Gasteiger partial charge >= 0.3 is 0 Å². The molecule has 1 unspecified atom stereocenters. The fraction of sp³-hybridized carbons (Fsp3) is 0.350. The summed E-state index contributed by atoms with van der Waals surface area (Å²) >= 11 is 1.46. The largest absolute Gasteiger partial charge is 0.324 e. The maximum Gasteiger partial charge on any atom is 0.248 e. The topological polar surface area (TPSA) is 99.7 Å². The van der Waals surface area contributed by atoms with Gasteiger partial charge in [-0.15, -0.1) is 11.8 Å². The van der Waals surface area contributed by atoms with Crippen molar-refractivity contribution in [2.75, 3.05) is 30.5 Å². The van der Waals surface area contributed by atoms with Gasteiger partial charge in [0, 0.05) is 30.9 Å². The molecule has 0 spiro atoms. The number of amides is 2. The second-order valence-electron chi connectivity index (χ2n) is 7.12. The van der Waals surface area contributed by atoms with Crippen LogP contribution in [0, 0.1) is 13.8 Å². The Labute approximate surface area is 180 Å². The van der Waals surface area contributed by atoms with E-state index < -0.39 is 22.0 Å². The highest BCUT2D eigenvalue weighted by atomic mass is 32.2. The Morgan fingerprint density at radius 3 is 2.70 bits per heavy atom. The van der Waals surface area contributed by atoms with Gasteiger partial charge in [0.15, 0.2) is 0 Å². The molecule has 1 aromatic heterocycles. The molecule has 1 aromatic carbocycles. The first kappa shape index (κ1) is 22.3. The number of aryl methyl sites for hydroxylation is 2. The minimum atomic E-state index is -3.84. The molecule has 160 valence electrons. The molecule has 3 rings (SSSR count). The number of thioether (sulfide) groups is 1. The molecule has 2 amide bonds. The average Bonchev–Trinajstić information content (AvgIpc) is 3.21. The molecule has 1 saturated heterocycles. The van der Waals surface area contributed by atoms with Gasteiger partial charge in [-0.3, -0.25) is 14.6 Å². The first-order valence-electron chi connectivity index (χ1n) is 9.32. The van der Waals surface area contributed by atoms with Crippen molar-refractivity contribution < 1.29 is 18.0 Å². The molecule has 30 heavy (non-hydrogen) atoms. The number of carbonyl (C=O) groups is 2. The standard InChI is InChI=1S/C20H24N4O4S2/c1-14-6-7-16(9-15(14)2)22-20(26)18-12-29-13-24(18)19(25)11-23(3)30(27,28)17-5-4-8-21-10-17/h4-10,18H,11-13H2,1-3H3,(H,22,26). The van der Waals surface area contributed by atoms with Crippen LogP contribution in [0.15, 0.2) is 47.6 Å². The Morgan fingerprint density at radius 1 is 1.27 bits per heavy atom. The van der Waals surface area contributed by atoms with Crippen LogP contribution >= 0.6 is 11.8 Å². The lowest BCUT2D eigenvalue weighted by Crippen LogP contribution is -2.48. The van der Waals surface area contributed by atoms with E-state index in [0.717, 1.165) is 15.4 Å². The van der Waals surface area contributed by atoms with Gasteiger partial charge < -0.3 is 10.2 Å². The van der Waals surface area contributed by atoms with Gasteiger partial charge in [0.2, 0.25) is 21.8 Å². The lowest BCUT2D eigenvalue weighted by Gasteiger charge is -2.25. The number of likely N-dealkylation sites (N-methyl/N-ethyl adjacent to an activating group) is 1. The minimum Gasteiger partial charge on any atom is -0.324 e. The number of carbonyl (C=O) groups excluding carboxylic acids is 2. The van der Waals surface area contributed by atoms with Crippen LogP contribution in [0.2, 0.25) is 0 Å². The molecule has 1 N–H and O–H groups in total. The zero-order valence-corrected chi connectivity index (χ0v) is 18.7. The van der Waals surface area contributed by atoms with E-state index in [4.69, 9.17) is 0 Å². The van der Waals surface area contributed by atoms with Gasteiger partial charge in [0.05, 0.1) is 12.4 Å². The number of nitrogens with zero attached hydrogens (tertiary/aromatic N) is 3. The lowest BCUT2D eigenvalue weighted by molar-refractivity contribution is -0.136. The average molecular weight is 449 g/mol. The zero-order valence-electron chi connectivity index (χ0n) is 17.0. The summed E-state index contributed by atoms with van der Waals surface area (Å²) in [6.45, 7) is 3.60. The van der Waals surface area contributed by atoms with Crippen molar-refractivity contribution in [2.24, 2.45) is 0 Å². The van der Waals surface area contributed by atoms with Crippen LogP contribution in [-0.4, -0.2) is 65.7 Å². The SMILES string of the molecule is Cc1ccc(NC(=O)C2CSCN2C(=O)CN(C)S(=O)(=O)c2cccnc2)cc1C. The van der Waals surface area contributed by atoms with E-state index in [1.54, 1.807) is 0 Å². The first-order chi connectivity index (χ1) is 14.2. The van der Waals surface area contributed by atoms with Gasteiger partial charge in [-0.25, -0.2) is 8.42 Å². The van der Waals surface area contributed by atoms with E-state index in [1.807, 2.05) is 32.0 Å². The number of aromatic nitrogens is 1. The summed E-state index contributed by atoms with van der Waals surface area (Å²) in [5.74, 6) is 0.0936. The summed E-state index contributed by atoms with van der Waals surface area (Å²) in [4.78, 5) is 30.8. The zero-order chi connectivity index (χ0) is 21.9. The number of hydrogen-bond acceptors (Lipinski definition) is 6. The van der Waals surface area contributed by atoms with Crippen LogP contribution in [0.1, 0.15) is 11.1 Å². The van der Waals surface area contributed by atoms with Crippen LogP contribution in [0.3, 0.4) is 0 Å². The summed E-state index contributed by atoms with van der Waals surface area (Å²) in [5.41, 5.74) is 2.85. The third-order valence-electron chi connectivity index (χ3n) is 4.98. The van der Waals surface area contributed by atoms with Crippen molar-refractivity contribution in [3.8, 4) is 0 Å². The van der Waals surface area contributed by atoms with E-state index in [2.05, 4.69) is 10.3 Å². The van der Waals surface area contributed by atoms with E-state index in [1.165, 1.54) is 48.2 Å². The number of hydrogen-bond donors (Lipinski definition) is 1. The monoisotopic (exact) mass is 448 g/mol. The molecule has 0 radical (unpaired) electrons. The van der Waals surface area contributed by atoms with Crippen molar-refractivity contribution in [2.45, 2.75) is 24.8 Å². The lowest BCUT2D eigenvalue weighted by atomic mass is 10.1. The number of benzene rings is 1. The third-order valence-corrected chi connectivity index (χ3v) is 7.78. The molecule has 1 atom stereocenters. The summed E-state index contributed by atoms with van der Waals surface area (Å²) < 4.78 is 26.2. The molecule has 0 aliphatic carbocycles. The molecule has 10 heteroatoms. The Hall–Kier alpha value is -2.43. The fourth-order valence-corrected chi connectivity index (χ4v) is 5.26. The predicted octanol–water partition coefficient (Wildman–Crippen LogP) is 1.86. The molecule has 0 saturated carbocycles. The summed E-state index contributed by atoms with van der Waals surface area (Å²) in [5, 5.41) is 2.86. The third kappa shape index (κ3) is 4.82. The molecule has 1 fully saturated rings. The maximum atomic E-state index is 12.8. The molecule has 1 aliphatic heterocycles. The first-order valence-corrected chi connectivity index (χ1v) is 11.9. The van der Waals surface area contributed by atoms with Crippen molar-refractivity contribution in [1.82, 2.24) is 14.2 Å². The van der Waals surface area contributed by atoms with Crippen molar-refractivity contribution in [1.29, 1.82) is 0 Å². The van der Waals surface area contributed by atoms with Crippen molar-refractivity contribution in [3.05, 3.63) is 53.9 Å². The number of sulfonamides is 1. The second-order valence-corrected chi connectivity index (χ2v) is 10.2. The molecular weight excluding hydrogens is 424 g/mol. The van der Waals surface area contributed by atoms with Crippen LogP contribution in [0.4, 0.5) is 5.69 Å². The van der Waals surface area contributed by atoms with Crippen LogP contribution in [0.5, 0.6) is 0 Å². The fourth-order valence-electron chi connectivity index (χ4n) is 3.00. The Kier molecular flexibility index (Phi) is 6.79. The molecular formula is C20H24N4O4S2. The van der Waals surface area contributed by atoms with Crippen LogP contribution in [-0.2, 0) is 19.6 Å². The summed E-state index contributed by atoms with van der Waals surface area (Å²) in [7, 11) is -2.50. The van der Waals surface area contributed by atoms with E-state index in [-0.39, 0.29) is 17.3 Å². The number of rotatable bonds is 6. The maximum absolute atomic E-state index is 12.8. The quantitative estimate of drug-likeness (QED) is 0.724. The summed E-state index contributed by atoms with van der Waals surface area (Å²) in [6.07, 6.45) is 2.71. The minimum absolute atomic E-state index is 0.0140. The van der Waals surface area contributed by atoms with E-state index in [9.17, 15) is 18.0 Å². The Balaban J connectivity index is 1.67. The Bertz CT molecular complexity index is 1040. The Morgan fingerprint density at radius 2 is 2.03 bits per heavy atom. The van der Waals surface area contributed by atoms with Gasteiger partial charge in [-0.1, -0.05) is 6.07 Å². The molecule has 1 aliphatic rings. The highest BCUT2D eigenvalue weighted by molar-refractivity contribution is 7.99. The highest BCUT2D eigenvalue weighted by Crippen LogP contribution is 2.24. The van der Waals surface area contributed by atoms with Gasteiger partial charge in [-0.05, 0) is 49.2 Å². The van der Waals surface area contributed by atoms with Crippen LogP contribution < -0.4 is 5.32 Å². The normalized spacial score (nSPS) is 16.7. The van der Waals surface area contributed by atoms with Crippen molar-refractivity contribution >= 4 is 39.3 Å². The molecule has 2 heterocycles. The van der Waals surface area contributed by atoms with Gasteiger partial charge in [0.25, 0.3) is 0 Å². The highest BCUT2D eigenvalue weighted by Gasteiger charge is 2.36. The van der Waals surface area contributed by atoms with Gasteiger partial charge in [0.1, 0.15) is 10.9 Å². The predicted molar refractivity (Wildman–Crippen MR) is 117 cm³/mol. The number of nitrogens with one attached hydrogen (secondary N) is 1. The smallest absolute Gasteiger partial charge is 0.248 e. The summed E-state index contributed by atoms with van der Waals surface area (Å²) in [6, 6.07) is 7.92. The van der Waals surface area contributed by atoms with Crippen molar-refractivity contribution in [3.63, 3.8) is 0 Å². The van der Waals surface area contributed by atoms with E-state index in [0.29, 0.717) is 17.3 Å². The molecule has 8 nitrogen and oxygen atoms in total. The number of pyridine rings is 1. The van der Waals surface area contributed by atoms with Gasteiger partial charge in [-0.2, -0.15) is 4.31 Å². The molecule has 2 aromatic rings. The second kappa shape index (κ2) is 9.15. The van der Waals surface area contributed by atoms with Crippen LogP contribution in [0.25, 0.3) is 0 Å². The number of anilines is 1.